The summed E-state index contributed by atoms with van der Waals surface area (Å²) in [4.78, 5) is 11.5. The van der Waals surface area contributed by atoms with Gasteiger partial charge in [0.1, 0.15) is 12.1 Å². The third-order valence-electron chi connectivity index (χ3n) is 2.44. The molecule has 0 amide bonds. The molecular formula is C10H19NO3. The Bertz CT molecular complexity index is 188. The van der Waals surface area contributed by atoms with E-state index in [1.807, 2.05) is 13.8 Å². The van der Waals surface area contributed by atoms with Crippen LogP contribution in [-0.4, -0.2) is 31.3 Å². The average Bonchev–Trinajstić information content (AvgIpc) is 2.18. The van der Waals surface area contributed by atoms with Crippen molar-refractivity contribution in [2.75, 3.05) is 13.2 Å². The molecule has 0 spiro atoms. The molecule has 0 unspecified atom stereocenters. The Morgan fingerprint density at radius 3 is 2.50 bits per heavy atom. The van der Waals surface area contributed by atoms with Crippen molar-refractivity contribution in [1.29, 1.82) is 0 Å². The maximum atomic E-state index is 11.5. The normalized spacial score (nSPS) is 20.9. The average molecular weight is 201 g/mol. The van der Waals surface area contributed by atoms with Gasteiger partial charge in [0, 0.05) is 12.8 Å². The summed E-state index contributed by atoms with van der Waals surface area (Å²) < 4.78 is 10.4. The molecule has 1 aliphatic heterocycles. The molecular weight excluding hydrogens is 182 g/mol. The summed E-state index contributed by atoms with van der Waals surface area (Å²) >= 11 is 0. The second kappa shape index (κ2) is 5.32. The zero-order valence-corrected chi connectivity index (χ0v) is 8.86. The lowest BCUT2D eigenvalue weighted by molar-refractivity contribution is -0.155. The van der Waals surface area contributed by atoms with E-state index in [4.69, 9.17) is 15.2 Å². The first-order chi connectivity index (χ1) is 6.61. The number of hydrogen-bond acceptors (Lipinski definition) is 4. The third-order valence-corrected chi connectivity index (χ3v) is 2.44. The number of carbonyl (C=O) groups excluding carboxylic acids is 1. The van der Waals surface area contributed by atoms with Crippen LogP contribution in [0.5, 0.6) is 0 Å². The van der Waals surface area contributed by atoms with Gasteiger partial charge in [0.25, 0.3) is 0 Å². The summed E-state index contributed by atoms with van der Waals surface area (Å²) in [5.74, 6) is -0.158. The fourth-order valence-electron chi connectivity index (χ4n) is 1.31. The Kier molecular flexibility index (Phi) is 4.35. The molecule has 2 N–H and O–H groups in total. The minimum atomic E-state index is -0.502. The van der Waals surface area contributed by atoms with E-state index < -0.39 is 6.04 Å². The fourth-order valence-corrected chi connectivity index (χ4v) is 1.31. The van der Waals surface area contributed by atoms with Crippen LogP contribution in [0, 0.1) is 5.92 Å². The van der Waals surface area contributed by atoms with Gasteiger partial charge in [-0.2, -0.15) is 0 Å². The molecule has 1 heterocycles. The molecule has 82 valence electrons. The third kappa shape index (κ3) is 3.27. The number of hydrogen-bond donors (Lipinski definition) is 1. The summed E-state index contributed by atoms with van der Waals surface area (Å²) in [6.45, 7) is 5.18. The van der Waals surface area contributed by atoms with Gasteiger partial charge in [0.05, 0.1) is 13.2 Å². The van der Waals surface area contributed by atoms with Gasteiger partial charge in [-0.15, -0.1) is 0 Å². The molecule has 1 fully saturated rings. The zero-order chi connectivity index (χ0) is 10.6. The Morgan fingerprint density at radius 2 is 2.00 bits per heavy atom. The summed E-state index contributed by atoms with van der Waals surface area (Å²) in [6, 6.07) is -0.502. The maximum absolute atomic E-state index is 11.5. The van der Waals surface area contributed by atoms with Crippen molar-refractivity contribution in [3.8, 4) is 0 Å². The zero-order valence-electron chi connectivity index (χ0n) is 8.86. The topological polar surface area (TPSA) is 61.6 Å². The summed E-state index contributed by atoms with van der Waals surface area (Å²) in [5, 5.41) is 0. The van der Waals surface area contributed by atoms with Crippen LogP contribution in [0.25, 0.3) is 0 Å². The molecule has 14 heavy (non-hydrogen) atoms. The molecule has 0 aromatic carbocycles. The Morgan fingerprint density at radius 1 is 1.43 bits per heavy atom. The lowest BCUT2D eigenvalue weighted by Gasteiger charge is -2.24. The molecule has 1 rings (SSSR count). The van der Waals surface area contributed by atoms with E-state index in [0.717, 1.165) is 12.8 Å². The number of nitrogens with two attached hydrogens (primary N) is 1. The molecule has 0 saturated carbocycles. The highest BCUT2D eigenvalue weighted by Crippen LogP contribution is 2.12. The molecule has 1 atom stereocenters. The van der Waals surface area contributed by atoms with Crippen molar-refractivity contribution >= 4 is 5.97 Å². The predicted octanol–water partition coefficient (Wildman–Crippen LogP) is 0.692. The number of ether oxygens (including phenoxy) is 2. The number of rotatable bonds is 3. The Labute approximate surface area is 84.7 Å². The fraction of sp³-hybridized carbons (Fsp3) is 0.900. The quantitative estimate of drug-likeness (QED) is 0.682. The van der Waals surface area contributed by atoms with Gasteiger partial charge in [-0.25, -0.2) is 0 Å². The monoisotopic (exact) mass is 201 g/mol. The van der Waals surface area contributed by atoms with Crippen LogP contribution < -0.4 is 5.73 Å². The highest BCUT2D eigenvalue weighted by Gasteiger charge is 2.23. The number of esters is 1. The van der Waals surface area contributed by atoms with Crippen LogP contribution >= 0.6 is 0 Å². The van der Waals surface area contributed by atoms with E-state index in [0.29, 0.717) is 13.2 Å². The van der Waals surface area contributed by atoms with E-state index in [1.165, 1.54) is 0 Å². The van der Waals surface area contributed by atoms with E-state index in [-0.39, 0.29) is 18.0 Å². The molecule has 4 nitrogen and oxygen atoms in total. The lowest BCUT2D eigenvalue weighted by atomic mass is 10.1. The van der Waals surface area contributed by atoms with Gasteiger partial charge >= 0.3 is 5.97 Å². The van der Waals surface area contributed by atoms with Crippen molar-refractivity contribution in [2.24, 2.45) is 11.7 Å². The Balaban J connectivity index is 2.31. The van der Waals surface area contributed by atoms with Gasteiger partial charge < -0.3 is 15.2 Å². The van der Waals surface area contributed by atoms with Crippen molar-refractivity contribution in [1.82, 2.24) is 0 Å². The van der Waals surface area contributed by atoms with E-state index in [2.05, 4.69) is 0 Å². The minimum Gasteiger partial charge on any atom is -0.461 e. The smallest absolute Gasteiger partial charge is 0.323 e. The van der Waals surface area contributed by atoms with E-state index in [1.54, 1.807) is 0 Å². The molecule has 1 saturated heterocycles. The van der Waals surface area contributed by atoms with Gasteiger partial charge in [0.2, 0.25) is 0 Å². The van der Waals surface area contributed by atoms with Crippen LogP contribution in [0.1, 0.15) is 26.7 Å². The second-order valence-corrected chi connectivity index (χ2v) is 4.02. The van der Waals surface area contributed by atoms with Gasteiger partial charge in [0.15, 0.2) is 0 Å². The van der Waals surface area contributed by atoms with Crippen LogP contribution in [0.4, 0.5) is 0 Å². The molecule has 0 radical (unpaired) electrons. The highest BCUT2D eigenvalue weighted by atomic mass is 16.6. The number of carbonyl (C=O) groups is 1. The Hall–Kier alpha value is -0.610. The van der Waals surface area contributed by atoms with E-state index >= 15 is 0 Å². The highest BCUT2D eigenvalue weighted by molar-refractivity contribution is 5.75. The maximum Gasteiger partial charge on any atom is 0.323 e. The first-order valence-electron chi connectivity index (χ1n) is 5.15. The SMILES string of the molecule is CC(C)[C@@H](N)C(=O)OC1CCOCC1. The predicted molar refractivity (Wildman–Crippen MR) is 52.7 cm³/mol. The molecule has 0 aliphatic carbocycles. The van der Waals surface area contributed by atoms with Crippen LogP contribution in [0.2, 0.25) is 0 Å². The summed E-state index contributed by atoms with van der Waals surface area (Å²) in [5.41, 5.74) is 5.67. The van der Waals surface area contributed by atoms with Crippen molar-refractivity contribution in [2.45, 2.75) is 38.8 Å². The van der Waals surface area contributed by atoms with Gasteiger partial charge in [-0.1, -0.05) is 13.8 Å². The molecule has 1 aliphatic rings. The van der Waals surface area contributed by atoms with Gasteiger partial charge in [-0.05, 0) is 5.92 Å². The summed E-state index contributed by atoms with van der Waals surface area (Å²) in [6.07, 6.45) is 1.58. The molecule has 0 aromatic rings. The first-order valence-corrected chi connectivity index (χ1v) is 5.15. The van der Waals surface area contributed by atoms with Crippen LogP contribution in [0.3, 0.4) is 0 Å². The van der Waals surface area contributed by atoms with Gasteiger partial charge in [-0.3, -0.25) is 4.79 Å². The molecule has 0 aromatic heterocycles. The lowest BCUT2D eigenvalue weighted by Crippen LogP contribution is -2.40. The van der Waals surface area contributed by atoms with E-state index in [9.17, 15) is 4.79 Å². The largest absolute Gasteiger partial charge is 0.461 e. The van der Waals surface area contributed by atoms with Crippen LogP contribution in [-0.2, 0) is 14.3 Å². The first kappa shape index (κ1) is 11.5. The van der Waals surface area contributed by atoms with Crippen molar-refractivity contribution in [3.05, 3.63) is 0 Å². The summed E-state index contributed by atoms with van der Waals surface area (Å²) in [7, 11) is 0. The minimum absolute atomic E-state index is 0.000972. The van der Waals surface area contributed by atoms with Crippen molar-refractivity contribution in [3.63, 3.8) is 0 Å². The molecule has 0 bridgehead atoms. The molecule has 4 heteroatoms. The van der Waals surface area contributed by atoms with Crippen LogP contribution in [0.15, 0.2) is 0 Å². The second-order valence-electron chi connectivity index (χ2n) is 4.02. The van der Waals surface area contributed by atoms with Crippen molar-refractivity contribution < 1.29 is 14.3 Å². The standard InChI is InChI=1S/C10H19NO3/c1-7(2)9(11)10(12)14-8-3-5-13-6-4-8/h7-9H,3-6,11H2,1-2H3/t9-/m1/s1.